The monoisotopic (exact) mass is 422 g/mol. The first-order chi connectivity index (χ1) is 15.3. The van der Waals surface area contributed by atoms with Crippen LogP contribution in [0.25, 0.3) is 0 Å². The fourth-order valence-electron chi connectivity index (χ4n) is 4.30. The Hall–Kier alpha value is -2.37. The average Bonchev–Trinajstić information content (AvgIpc) is 2.80. The van der Waals surface area contributed by atoms with Crippen LogP contribution in [-0.2, 0) is 17.7 Å². The Morgan fingerprint density at radius 1 is 1.00 bits per heavy atom. The van der Waals surface area contributed by atoms with E-state index in [9.17, 15) is 4.79 Å². The largest absolute Gasteiger partial charge is 0.493 e. The summed E-state index contributed by atoms with van der Waals surface area (Å²) in [5, 5.41) is 6.65. The molecule has 0 radical (unpaired) electrons. The molecule has 1 fully saturated rings. The molecule has 4 rings (SSSR count). The van der Waals surface area contributed by atoms with E-state index in [-0.39, 0.29) is 5.91 Å². The lowest BCUT2D eigenvalue weighted by Crippen LogP contribution is -2.32. The van der Waals surface area contributed by atoms with E-state index in [0.29, 0.717) is 24.6 Å². The first-order valence-electron chi connectivity index (χ1n) is 11.7. The van der Waals surface area contributed by atoms with Gasteiger partial charge in [0.25, 0.3) is 5.91 Å². The van der Waals surface area contributed by atoms with Crippen molar-refractivity contribution in [3.05, 3.63) is 64.7 Å². The molecule has 0 unspecified atom stereocenters. The zero-order valence-electron chi connectivity index (χ0n) is 18.3. The number of hydrogen-bond acceptors (Lipinski definition) is 4. The molecule has 166 valence electrons. The lowest BCUT2D eigenvalue weighted by atomic mass is 9.99. The molecule has 5 heteroatoms. The average molecular weight is 423 g/mol. The Morgan fingerprint density at radius 3 is 2.77 bits per heavy atom. The highest BCUT2D eigenvalue weighted by Crippen LogP contribution is 2.25. The highest BCUT2D eigenvalue weighted by atomic mass is 16.5. The Balaban J connectivity index is 1.50. The number of hydrogen-bond donors (Lipinski definition) is 2. The summed E-state index contributed by atoms with van der Waals surface area (Å²) in [6.45, 7) is 4.95. The fraction of sp³-hybridized carbons (Fsp3) is 0.500. The maximum absolute atomic E-state index is 12.8. The van der Waals surface area contributed by atoms with Gasteiger partial charge in [0.05, 0.1) is 6.61 Å². The molecule has 2 aliphatic rings. The van der Waals surface area contributed by atoms with Crippen LogP contribution < -0.4 is 15.4 Å². The zero-order chi connectivity index (χ0) is 21.3. The Kier molecular flexibility index (Phi) is 7.97. The predicted molar refractivity (Wildman–Crippen MR) is 123 cm³/mol. The van der Waals surface area contributed by atoms with Crippen LogP contribution in [0.15, 0.2) is 42.5 Å². The number of amides is 1. The van der Waals surface area contributed by atoms with Crippen LogP contribution >= 0.6 is 0 Å². The van der Waals surface area contributed by atoms with Crippen molar-refractivity contribution in [1.82, 2.24) is 10.6 Å². The number of rotatable bonds is 3. The van der Waals surface area contributed by atoms with E-state index >= 15 is 0 Å². The zero-order valence-corrected chi connectivity index (χ0v) is 18.3. The van der Waals surface area contributed by atoms with Crippen LogP contribution in [-0.4, -0.2) is 38.8 Å². The molecule has 0 atom stereocenters. The SMILES string of the molecule is O=C(NCC1CCOCC1)c1ccc2c(c1)Cc1cccc(c1)CNCCCCCO2. The molecule has 0 saturated carbocycles. The van der Waals surface area contributed by atoms with Crippen LogP contribution in [0, 0.1) is 5.92 Å². The Bertz CT molecular complexity index is 861. The highest BCUT2D eigenvalue weighted by molar-refractivity contribution is 5.94. The van der Waals surface area contributed by atoms with E-state index in [2.05, 4.69) is 34.9 Å². The van der Waals surface area contributed by atoms with Gasteiger partial charge in [-0.15, -0.1) is 0 Å². The van der Waals surface area contributed by atoms with Gasteiger partial charge in [0, 0.05) is 38.3 Å². The van der Waals surface area contributed by atoms with Gasteiger partial charge < -0.3 is 20.1 Å². The minimum atomic E-state index is -0.00773. The molecule has 2 bridgehead atoms. The third-order valence-corrected chi connectivity index (χ3v) is 6.19. The number of ether oxygens (including phenoxy) is 2. The van der Waals surface area contributed by atoms with E-state index in [1.165, 1.54) is 11.1 Å². The van der Waals surface area contributed by atoms with Crippen molar-refractivity contribution < 1.29 is 14.3 Å². The van der Waals surface area contributed by atoms with Gasteiger partial charge in [0.1, 0.15) is 5.75 Å². The van der Waals surface area contributed by atoms with Crippen LogP contribution in [0.4, 0.5) is 0 Å². The number of benzene rings is 2. The summed E-state index contributed by atoms with van der Waals surface area (Å²) in [4.78, 5) is 12.8. The first-order valence-corrected chi connectivity index (χ1v) is 11.7. The third-order valence-electron chi connectivity index (χ3n) is 6.19. The van der Waals surface area contributed by atoms with Gasteiger partial charge in [-0.25, -0.2) is 0 Å². The standard InChI is InChI=1S/C26H34N2O3/c29-26(28-19-20-9-13-30-14-10-20)23-7-8-25-24(17-23)16-21-5-4-6-22(15-21)18-27-11-2-1-3-12-31-25/h4-8,15,17,20,27H,1-3,9-14,16,18-19H2,(H,28,29). The van der Waals surface area contributed by atoms with E-state index in [4.69, 9.17) is 9.47 Å². The van der Waals surface area contributed by atoms with Crippen molar-refractivity contribution in [3.63, 3.8) is 0 Å². The first kappa shape index (κ1) is 21.8. The smallest absolute Gasteiger partial charge is 0.251 e. The second-order valence-corrected chi connectivity index (χ2v) is 8.67. The second kappa shape index (κ2) is 11.3. The normalized spacial score (nSPS) is 18.3. The Morgan fingerprint density at radius 2 is 1.87 bits per heavy atom. The van der Waals surface area contributed by atoms with Crippen molar-refractivity contribution in [1.29, 1.82) is 0 Å². The number of nitrogens with one attached hydrogen (secondary N) is 2. The van der Waals surface area contributed by atoms with Crippen LogP contribution in [0.5, 0.6) is 5.75 Å². The summed E-state index contributed by atoms with van der Waals surface area (Å²) in [5.41, 5.74) is 4.30. The molecule has 0 aliphatic carbocycles. The van der Waals surface area contributed by atoms with Gasteiger partial charge in [0.15, 0.2) is 0 Å². The molecule has 1 amide bonds. The predicted octanol–water partition coefficient (Wildman–Crippen LogP) is 4.09. The molecule has 2 aliphatic heterocycles. The molecule has 0 aromatic heterocycles. The van der Waals surface area contributed by atoms with E-state index in [0.717, 1.165) is 76.1 Å². The lowest BCUT2D eigenvalue weighted by Gasteiger charge is -2.22. The Labute approximate surface area is 185 Å². The number of carbonyl (C=O) groups excluding carboxylic acids is 1. The van der Waals surface area contributed by atoms with Gasteiger partial charge in [-0.2, -0.15) is 0 Å². The van der Waals surface area contributed by atoms with E-state index < -0.39 is 0 Å². The van der Waals surface area contributed by atoms with Crippen molar-refractivity contribution in [2.45, 2.75) is 45.1 Å². The molecule has 2 heterocycles. The van der Waals surface area contributed by atoms with E-state index in [1.54, 1.807) is 0 Å². The van der Waals surface area contributed by atoms with Gasteiger partial charge >= 0.3 is 0 Å². The van der Waals surface area contributed by atoms with Crippen molar-refractivity contribution in [2.75, 3.05) is 32.9 Å². The molecule has 0 spiro atoms. The molecule has 31 heavy (non-hydrogen) atoms. The lowest BCUT2D eigenvalue weighted by molar-refractivity contribution is 0.0642. The molecule has 2 aromatic rings. The van der Waals surface area contributed by atoms with Crippen molar-refractivity contribution in [3.8, 4) is 5.75 Å². The summed E-state index contributed by atoms with van der Waals surface area (Å²) in [6.07, 6.45) is 6.13. The fourth-order valence-corrected chi connectivity index (χ4v) is 4.30. The quantitative estimate of drug-likeness (QED) is 0.782. The summed E-state index contributed by atoms with van der Waals surface area (Å²) >= 11 is 0. The van der Waals surface area contributed by atoms with Crippen molar-refractivity contribution >= 4 is 5.91 Å². The van der Waals surface area contributed by atoms with Gasteiger partial charge in [-0.05, 0) is 79.5 Å². The molecular weight excluding hydrogens is 388 g/mol. The number of fused-ring (bicyclic) bond motifs is 3. The summed E-state index contributed by atoms with van der Waals surface area (Å²) in [7, 11) is 0. The van der Waals surface area contributed by atoms with Gasteiger partial charge in [0.2, 0.25) is 0 Å². The maximum atomic E-state index is 12.8. The summed E-state index contributed by atoms with van der Waals surface area (Å²) in [5.74, 6) is 1.39. The van der Waals surface area contributed by atoms with E-state index in [1.807, 2.05) is 18.2 Å². The van der Waals surface area contributed by atoms with Crippen molar-refractivity contribution in [2.24, 2.45) is 5.92 Å². The minimum Gasteiger partial charge on any atom is -0.493 e. The molecular formula is C26H34N2O3. The van der Waals surface area contributed by atoms with Crippen LogP contribution in [0.3, 0.4) is 0 Å². The summed E-state index contributed by atoms with van der Waals surface area (Å²) < 4.78 is 11.5. The third kappa shape index (κ3) is 6.55. The topological polar surface area (TPSA) is 59.6 Å². The summed E-state index contributed by atoms with van der Waals surface area (Å²) in [6, 6.07) is 14.5. The highest BCUT2D eigenvalue weighted by Gasteiger charge is 2.16. The minimum absolute atomic E-state index is 0.00773. The maximum Gasteiger partial charge on any atom is 0.251 e. The van der Waals surface area contributed by atoms with Crippen LogP contribution in [0.1, 0.15) is 59.2 Å². The second-order valence-electron chi connectivity index (χ2n) is 8.67. The molecule has 5 nitrogen and oxygen atoms in total. The molecule has 1 saturated heterocycles. The molecule has 2 aromatic carbocycles. The van der Waals surface area contributed by atoms with Gasteiger partial charge in [-0.3, -0.25) is 4.79 Å². The van der Waals surface area contributed by atoms with Gasteiger partial charge in [-0.1, -0.05) is 24.3 Å². The number of carbonyl (C=O) groups is 1. The molecule has 2 N–H and O–H groups in total. The van der Waals surface area contributed by atoms with Crippen LogP contribution in [0.2, 0.25) is 0 Å².